The van der Waals surface area contributed by atoms with Crippen molar-refractivity contribution in [3.05, 3.63) is 57.8 Å². The molecule has 1 aromatic carbocycles. The quantitative estimate of drug-likeness (QED) is 0.0208. The fourth-order valence-corrected chi connectivity index (χ4v) is 13.5. The van der Waals surface area contributed by atoms with Crippen LogP contribution in [0.2, 0.25) is 0 Å². The number of aliphatic imine (C=N–C) groups is 2. The fourth-order valence-electron chi connectivity index (χ4n) is 12.7. The molecule has 12 atom stereocenters. The average Bonchev–Trinajstić information content (AvgIpc) is 1.81. The van der Waals surface area contributed by atoms with E-state index < -0.39 is 139 Å². The predicted molar refractivity (Wildman–Crippen MR) is 326 cm³/mol. The van der Waals surface area contributed by atoms with Crippen molar-refractivity contribution in [2.24, 2.45) is 50.3 Å². The molecule has 488 valence electrons. The number of hydrogen-bond donors (Lipinski definition) is 14. The summed E-state index contributed by atoms with van der Waals surface area (Å²) in [5.74, 6) is -7.97. The summed E-state index contributed by atoms with van der Waals surface area (Å²) >= 11 is 1.28. The molecule has 0 unspecified atom stereocenters. The van der Waals surface area contributed by atoms with Gasteiger partial charge in [-0.3, -0.25) is 53.1 Å². The van der Waals surface area contributed by atoms with E-state index in [0.29, 0.717) is 36.1 Å². The zero-order chi connectivity index (χ0) is 64.5. The molecule has 30 nitrogen and oxygen atoms in total. The lowest BCUT2D eigenvalue weighted by Crippen LogP contribution is -2.63. The highest BCUT2D eigenvalue weighted by atomic mass is 32.1. The first-order valence-electron chi connectivity index (χ1n) is 30.5. The molecule has 89 heavy (non-hydrogen) atoms. The Labute approximate surface area is 519 Å². The van der Waals surface area contributed by atoms with E-state index in [1.54, 1.807) is 35.7 Å². The lowest BCUT2D eigenvalue weighted by molar-refractivity contribution is -0.153. The lowest BCUT2D eigenvalue weighted by Gasteiger charge is -2.42. The summed E-state index contributed by atoms with van der Waals surface area (Å²) in [6, 6.07) is -0.815. The second kappa shape index (κ2) is 32.5. The number of carboxylic acid groups (broad SMARTS) is 1. The minimum atomic E-state index is -1.66. The van der Waals surface area contributed by atoms with Gasteiger partial charge in [-0.1, -0.05) is 43.2 Å². The standard InChI is InChI=1S/C58H87N17O13S/c59-19-5-15-38(69-48(79)37(60)14-6-20-65-57(61)62)52(83)72-22-8-18-43(72)54(85)74-30-35(77)26-44(74)50(81)67-28-47(78)68-40(27-36-13-9-23-89-36)49(80)71-41(31-76)53(84)73-29-34-12-2-1-10-32(34)24-46(73)55(86)75-42-17-4-3-11-33(42)25-45(75)51(82)70-39(56(87)88)16-7-21-66-58(63)64/h1-2,9-10,12-13,23,33,35,37-46,76-77H,3-8,11,14-22,24-31,59-60H2,(H,67,81)(H,68,78)(H,69,79)(H,70,82)(H,71,80)(H,87,88)(H4,61,62,65)(H4,63,64,66)/t33-,35+,37+,38-,39-,40-,41-,42-,43-,44-,45-,46+/m0/s1. The minimum Gasteiger partial charge on any atom is -0.480 e. The predicted octanol–water partition coefficient (Wildman–Crippen LogP) is -4.34. The van der Waals surface area contributed by atoms with Gasteiger partial charge >= 0.3 is 5.97 Å². The summed E-state index contributed by atoms with van der Waals surface area (Å²) < 4.78 is 0. The summed E-state index contributed by atoms with van der Waals surface area (Å²) in [5.41, 5.74) is 35.0. The zero-order valence-electron chi connectivity index (χ0n) is 49.9. The second-order valence-electron chi connectivity index (χ2n) is 23.4. The number of rotatable bonds is 29. The van der Waals surface area contributed by atoms with Crippen LogP contribution in [0.5, 0.6) is 0 Å². The van der Waals surface area contributed by atoms with Crippen LogP contribution in [-0.4, -0.2) is 218 Å². The smallest absolute Gasteiger partial charge is 0.326 e. The molecule has 2 aromatic rings. The third-order valence-electron chi connectivity index (χ3n) is 17.2. The van der Waals surface area contributed by atoms with Crippen molar-refractivity contribution < 1.29 is 63.3 Å². The van der Waals surface area contributed by atoms with Gasteiger partial charge in [0, 0.05) is 62.9 Å². The minimum absolute atomic E-state index is 0.00394. The fraction of sp³-hybridized carbons (Fsp3) is 0.621. The molecule has 1 aromatic heterocycles. The molecule has 31 heteroatoms. The van der Waals surface area contributed by atoms with Crippen molar-refractivity contribution in [3.8, 4) is 0 Å². The number of likely N-dealkylation sites (tertiary alicyclic amines) is 3. The van der Waals surface area contributed by atoms with Gasteiger partial charge in [0.1, 0.15) is 48.3 Å². The number of guanidine groups is 2. The molecule has 1 aliphatic carbocycles. The summed E-state index contributed by atoms with van der Waals surface area (Å²) in [6.45, 7) is -1.26. The third-order valence-corrected chi connectivity index (χ3v) is 18.1. The van der Waals surface area contributed by atoms with Crippen LogP contribution in [-0.2, 0) is 67.3 Å². The molecule has 3 saturated heterocycles. The van der Waals surface area contributed by atoms with Crippen molar-refractivity contribution in [1.29, 1.82) is 0 Å². The van der Waals surface area contributed by atoms with Crippen molar-refractivity contribution in [3.63, 3.8) is 0 Å². The van der Waals surface area contributed by atoms with Gasteiger partial charge in [-0.05, 0) is 106 Å². The maximum Gasteiger partial charge on any atom is 0.326 e. The molecular weight excluding hydrogens is 1170 g/mol. The third kappa shape index (κ3) is 18.1. The van der Waals surface area contributed by atoms with E-state index in [9.17, 15) is 58.5 Å². The van der Waals surface area contributed by atoms with Crippen LogP contribution in [0.4, 0.5) is 0 Å². The molecule has 0 bridgehead atoms. The molecule has 1 saturated carbocycles. The number of carbonyl (C=O) groups excluding carboxylic acids is 9. The van der Waals surface area contributed by atoms with E-state index in [0.717, 1.165) is 29.7 Å². The van der Waals surface area contributed by atoms with Crippen molar-refractivity contribution in [2.75, 3.05) is 45.9 Å². The van der Waals surface area contributed by atoms with Crippen LogP contribution in [0.3, 0.4) is 0 Å². The van der Waals surface area contributed by atoms with E-state index in [-0.39, 0.29) is 115 Å². The number of carbonyl (C=O) groups is 10. The van der Waals surface area contributed by atoms with E-state index >= 15 is 4.79 Å². The van der Waals surface area contributed by atoms with E-state index in [1.165, 1.54) is 26.0 Å². The Morgan fingerprint density at radius 3 is 2.01 bits per heavy atom. The number of aliphatic carboxylic acids is 1. The highest BCUT2D eigenvalue weighted by Gasteiger charge is 2.52. The number of nitrogens with zero attached hydrogens (tertiary/aromatic N) is 6. The first-order valence-corrected chi connectivity index (χ1v) is 31.4. The number of nitrogens with one attached hydrogen (secondary N) is 5. The van der Waals surface area contributed by atoms with Crippen molar-refractivity contribution >= 4 is 82.4 Å². The van der Waals surface area contributed by atoms with Gasteiger partial charge in [-0.25, -0.2) is 4.79 Å². The van der Waals surface area contributed by atoms with Crippen LogP contribution >= 0.6 is 11.3 Å². The summed E-state index contributed by atoms with van der Waals surface area (Å²) in [6.07, 6.45) is 3.81. The van der Waals surface area contributed by atoms with E-state index in [2.05, 4.69) is 36.6 Å². The maximum absolute atomic E-state index is 15.3. The highest BCUT2D eigenvalue weighted by molar-refractivity contribution is 7.09. The molecule has 4 fully saturated rings. The molecule has 0 radical (unpaired) electrons. The molecule has 5 aliphatic rings. The number of thiophene rings is 1. The van der Waals surface area contributed by atoms with E-state index in [4.69, 9.17) is 34.4 Å². The van der Waals surface area contributed by atoms with Gasteiger partial charge in [-0.15, -0.1) is 11.3 Å². The lowest BCUT2D eigenvalue weighted by atomic mass is 9.84. The molecule has 0 spiro atoms. The zero-order valence-corrected chi connectivity index (χ0v) is 50.7. The summed E-state index contributed by atoms with van der Waals surface area (Å²) in [5, 5.41) is 46.7. The van der Waals surface area contributed by atoms with Gasteiger partial charge in [0.15, 0.2) is 11.9 Å². The van der Waals surface area contributed by atoms with Crippen LogP contribution in [0.1, 0.15) is 106 Å². The molecule has 9 amide bonds. The van der Waals surface area contributed by atoms with Crippen LogP contribution in [0.15, 0.2) is 51.8 Å². The normalized spacial score (nSPS) is 22.9. The van der Waals surface area contributed by atoms with E-state index in [1.807, 2.05) is 6.07 Å². The topological polar surface area (TPSA) is 485 Å². The van der Waals surface area contributed by atoms with Gasteiger partial charge in [-0.2, -0.15) is 0 Å². The molecular formula is C58H87N17O13S. The first kappa shape index (κ1) is 68.5. The first-order chi connectivity index (χ1) is 42.6. The monoisotopic (exact) mass is 1260 g/mol. The Bertz CT molecular complexity index is 2910. The highest BCUT2D eigenvalue weighted by Crippen LogP contribution is 2.41. The number of carboxylic acids is 1. The molecule has 4 aliphatic heterocycles. The van der Waals surface area contributed by atoms with Gasteiger partial charge < -0.3 is 95.9 Å². The molecule has 20 N–H and O–H groups in total. The number of nitrogens with two attached hydrogens (primary N) is 6. The van der Waals surface area contributed by atoms with Gasteiger partial charge in [0.2, 0.25) is 53.2 Å². The largest absolute Gasteiger partial charge is 0.480 e. The summed E-state index contributed by atoms with van der Waals surface area (Å²) in [4.78, 5) is 155. The maximum atomic E-state index is 15.3. The van der Waals surface area contributed by atoms with Crippen molar-refractivity contribution in [1.82, 2.24) is 46.2 Å². The number of β-amino-alcohol motifs (C(OH)–C–C–N with tert-alkyl or cyclic N) is 1. The number of fused-ring (bicyclic) bond motifs is 2. The van der Waals surface area contributed by atoms with Crippen molar-refractivity contribution in [2.45, 2.75) is 176 Å². The SMILES string of the molecule is NCCC[C@H](NC(=O)[C@H](N)CCCN=C(N)N)C(=O)N1CCC[C@H]1C(=O)N1C[C@H](O)C[C@H]1C(=O)NCC(=O)N[C@@H](Cc1cccs1)C(=O)N[C@@H](CO)C(=O)N1Cc2ccccc2C[C@@H]1C(=O)N1[C@H](C(=O)N[C@@H](CCCN=C(N)N)C(=O)O)C[C@@H]2CCCC[C@@H]21. The number of benzene rings is 1. The number of hydrogen-bond acceptors (Lipinski definition) is 17. The Kier molecular flexibility index (Phi) is 25.0. The Morgan fingerprint density at radius 2 is 1.34 bits per heavy atom. The Hall–Kier alpha value is -8.00. The molecule has 7 rings (SSSR count). The number of aliphatic hydroxyl groups excluding tert-OH is 2. The number of aliphatic hydroxyl groups is 2. The van der Waals surface area contributed by atoms with Gasteiger partial charge in [0.05, 0.1) is 25.3 Å². The van der Waals surface area contributed by atoms with Crippen LogP contribution in [0.25, 0.3) is 0 Å². The number of amides is 9. The summed E-state index contributed by atoms with van der Waals surface area (Å²) in [7, 11) is 0. The molecule has 5 heterocycles. The van der Waals surface area contributed by atoms with Gasteiger partial charge in [0.25, 0.3) is 0 Å². The van der Waals surface area contributed by atoms with Crippen LogP contribution < -0.4 is 61.0 Å². The Morgan fingerprint density at radius 1 is 0.663 bits per heavy atom. The average molecular weight is 1260 g/mol. The Balaban J connectivity index is 1.02. The second-order valence-corrected chi connectivity index (χ2v) is 24.4. The van der Waals surface area contributed by atoms with Crippen LogP contribution in [0, 0.1) is 5.92 Å².